The second kappa shape index (κ2) is 15.5. The van der Waals surface area contributed by atoms with E-state index in [2.05, 4.69) is 0 Å². The van der Waals surface area contributed by atoms with Gasteiger partial charge in [0, 0.05) is 0 Å². The second-order valence-electron chi connectivity index (χ2n) is 10.5. The Morgan fingerprint density at radius 3 is 1.15 bits per heavy atom. The molecule has 0 radical (unpaired) electrons. The van der Waals surface area contributed by atoms with E-state index < -0.39 is 13.6 Å². The van der Waals surface area contributed by atoms with Gasteiger partial charge in [0.2, 0.25) is 7.51 Å². The van der Waals surface area contributed by atoms with Crippen LogP contribution in [-0.4, -0.2) is 55.0 Å². The largest absolute Gasteiger partial charge is 0.504 e. The summed E-state index contributed by atoms with van der Waals surface area (Å²) in [4.78, 5) is 11.2. The van der Waals surface area contributed by atoms with E-state index in [1.54, 1.807) is 0 Å². The van der Waals surface area contributed by atoms with Crippen LogP contribution in [0.3, 0.4) is 0 Å². The van der Waals surface area contributed by atoms with Crippen molar-refractivity contribution in [3.05, 3.63) is 152 Å². The molecule has 0 unspecified atom stereocenters. The van der Waals surface area contributed by atoms with Gasteiger partial charge >= 0.3 is 6.10 Å². The first-order valence-electron chi connectivity index (χ1n) is 14.8. The molecule has 238 valence electrons. The molecule has 0 fully saturated rings. The second-order valence-corrected chi connectivity index (χ2v) is 13.8. The van der Waals surface area contributed by atoms with Gasteiger partial charge in [-0.05, 0) is 88.9 Å². The van der Waals surface area contributed by atoms with E-state index in [1.807, 2.05) is 194 Å². The molecule has 5 aromatic rings. The van der Waals surface area contributed by atoms with Crippen LogP contribution in [0.25, 0.3) is 0 Å². The normalized spacial score (nSPS) is 11.7. The highest BCUT2D eigenvalue weighted by molar-refractivity contribution is 7.59. The standard InChI is InChI=1S/C36H39N4O5P/c1-38(2)46(39(3)4,37-45-35-28-18-9-19-29-35)40(30-41-31-20-10-5-11-21-31)36(42-32-22-12-6-13-23-32,43-33-24-14-7-15-25-33)44-34-26-16-8-17-27-34/h5-29H,30H2,1-4H3. The van der Waals surface area contributed by atoms with Crippen LogP contribution in [0, 0.1) is 0 Å². The van der Waals surface area contributed by atoms with Gasteiger partial charge in [-0.25, -0.2) is 9.34 Å². The van der Waals surface area contributed by atoms with E-state index in [0.29, 0.717) is 28.7 Å². The first kappa shape index (κ1) is 32.6. The van der Waals surface area contributed by atoms with Crippen molar-refractivity contribution in [2.24, 2.45) is 4.91 Å². The topological polar surface area (TPSA) is 68.2 Å². The minimum atomic E-state index is -3.18. The van der Waals surface area contributed by atoms with E-state index in [9.17, 15) is 0 Å². The van der Waals surface area contributed by atoms with Crippen LogP contribution in [0.15, 0.2) is 157 Å². The van der Waals surface area contributed by atoms with E-state index >= 15 is 0 Å². The Hall–Kier alpha value is -4.79. The summed E-state index contributed by atoms with van der Waals surface area (Å²) < 4.78 is 32.9. The molecule has 5 aromatic carbocycles. The molecular formula is C36H39N4O5P. The highest BCUT2D eigenvalue weighted by Crippen LogP contribution is 2.60. The van der Waals surface area contributed by atoms with Crippen molar-refractivity contribution < 1.29 is 23.8 Å². The number of ether oxygens (including phenoxy) is 4. The summed E-state index contributed by atoms with van der Waals surface area (Å²) in [5.74, 6) is 2.71. The Bertz CT molecular complexity index is 1550. The number of hydrogen-bond acceptors (Lipinski definition) is 6. The Labute approximate surface area is 271 Å². The van der Waals surface area contributed by atoms with E-state index in [0.717, 1.165) is 0 Å². The molecular weight excluding hydrogens is 599 g/mol. The Morgan fingerprint density at radius 2 is 0.804 bits per heavy atom. The van der Waals surface area contributed by atoms with E-state index in [1.165, 1.54) is 0 Å². The lowest BCUT2D eigenvalue weighted by atomic mass is 10.3. The molecule has 9 nitrogen and oxygen atoms in total. The van der Waals surface area contributed by atoms with Crippen molar-refractivity contribution in [1.29, 1.82) is 0 Å². The zero-order valence-electron chi connectivity index (χ0n) is 26.4. The average molecular weight is 639 g/mol. The lowest BCUT2D eigenvalue weighted by Gasteiger charge is -2.48. The Morgan fingerprint density at radius 1 is 0.478 bits per heavy atom. The smallest absolute Gasteiger partial charge is 0.477 e. The fourth-order valence-electron chi connectivity index (χ4n) is 4.67. The third-order valence-corrected chi connectivity index (χ3v) is 10.2. The summed E-state index contributed by atoms with van der Waals surface area (Å²) in [7, 11) is 4.54. The van der Waals surface area contributed by atoms with Crippen molar-refractivity contribution >= 4 is 7.51 Å². The van der Waals surface area contributed by atoms with Crippen LogP contribution >= 0.6 is 7.51 Å². The van der Waals surface area contributed by atoms with Gasteiger partial charge in [0.15, 0.2) is 12.5 Å². The van der Waals surface area contributed by atoms with Gasteiger partial charge in [-0.15, -0.1) is 0 Å². The zero-order chi connectivity index (χ0) is 32.2. The van der Waals surface area contributed by atoms with Crippen molar-refractivity contribution in [3.8, 4) is 28.7 Å². The molecule has 0 aliphatic carbocycles. The van der Waals surface area contributed by atoms with Crippen LogP contribution in [0.5, 0.6) is 28.7 Å². The van der Waals surface area contributed by atoms with Crippen molar-refractivity contribution in [2.75, 3.05) is 34.9 Å². The molecule has 0 aliphatic rings. The number of rotatable bonds is 15. The molecule has 0 saturated carbocycles. The number of hydrogen-bond donors (Lipinski definition) is 0. The van der Waals surface area contributed by atoms with Gasteiger partial charge in [0.05, 0.1) is 0 Å². The molecule has 0 spiro atoms. The van der Waals surface area contributed by atoms with Crippen LogP contribution in [0.1, 0.15) is 0 Å². The highest BCUT2D eigenvalue weighted by Gasteiger charge is 2.57. The van der Waals surface area contributed by atoms with Crippen molar-refractivity contribution in [3.63, 3.8) is 0 Å². The molecule has 46 heavy (non-hydrogen) atoms. The quantitative estimate of drug-likeness (QED) is 0.0646. The molecule has 0 amide bonds. The average Bonchev–Trinajstić information content (AvgIpc) is 3.08. The fourth-order valence-corrected chi connectivity index (χ4v) is 7.50. The third-order valence-electron chi connectivity index (χ3n) is 6.78. The molecule has 0 aliphatic heterocycles. The van der Waals surface area contributed by atoms with Crippen LogP contribution in [-0.2, 0) is 0 Å². The van der Waals surface area contributed by atoms with E-state index in [4.69, 9.17) is 28.7 Å². The maximum atomic E-state index is 6.88. The molecule has 0 aromatic heterocycles. The summed E-state index contributed by atoms with van der Waals surface area (Å²) >= 11 is 0. The van der Waals surface area contributed by atoms with Gasteiger partial charge in [0.25, 0.3) is 0 Å². The predicted octanol–water partition coefficient (Wildman–Crippen LogP) is 8.24. The van der Waals surface area contributed by atoms with Gasteiger partial charge in [-0.3, -0.25) is 0 Å². The third kappa shape index (κ3) is 7.88. The predicted molar refractivity (Wildman–Crippen MR) is 182 cm³/mol. The lowest BCUT2D eigenvalue weighted by Crippen LogP contribution is -2.63. The lowest BCUT2D eigenvalue weighted by molar-refractivity contribution is -0.324. The maximum absolute atomic E-state index is 6.88. The van der Waals surface area contributed by atoms with Crippen molar-refractivity contribution in [2.45, 2.75) is 6.10 Å². The summed E-state index contributed by atoms with van der Waals surface area (Å²) in [5.41, 5.74) is 0. The molecule has 0 saturated heterocycles. The minimum absolute atomic E-state index is 0.0811. The molecule has 0 N–H and O–H groups in total. The van der Waals surface area contributed by atoms with Crippen LogP contribution < -0.4 is 23.8 Å². The van der Waals surface area contributed by atoms with Gasteiger partial charge < -0.3 is 23.8 Å². The SMILES string of the molecule is CN(C)P(=NOc1ccccc1)(N(C)C)N(COc1ccccc1)C(Oc1ccccc1)(Oc1ccccc1)Oc1ccccc1. The van der Waals surface area contributed by atoms with Crippen molar-refractivity contribution in [1.82, 2.24) is 14.0 Å². The molecule has 10 heteroatoms. The maximum Gasteiger partial charge on any atom is 0.504 e. The zero-order valence-corrected chi connectivity index (χ0v) is 27.3. The molecule has 0 bridgehead atoms. The summed E-state index contributed by atoms with van der Waals surface area (Å²) in [5, 5.41) is 0. The Kier molecular flexibility index (Phi) is 11.0. The van der Waals surface area contributed by atoms with Crippen LogP contribution in [0.4, 0.5) is 0 Å². The monoisotopic (exact) mass is 638 g/mol. The van der Waals surface area contributed by atoms with Gasteiger partial charge in [-0.1, -0.05) is 101 Å². The Balaban J connectivity index is 1.78. The first-order valence-corrected chi connectivity index (χ1v) is 16.4. The minimum Gasteiger partial charge on any atom is -0.477 e. The van der Waals surface area contributed by atoms with Gasteiger partial charge in [0.1, 0.15) is 23.0 Å². The van der Waals surface area contributed by atoms with Gasteiger partial charge in [-0.2, -0.15) is 0 Å². The fraction of sp³-hybridized carbons (Fsp3) is 0.167. The molecule has 0 heterocycles. The highest BCUT2D eigenvalue weighted by atomic mass is 31.2. The van der Waals surface area contributed by atoms with E-state index in [-0.39, 0.29) is 6.73 Å². The first-order chi connectivity index (χ1) is 22.4. The summed E-state index contributed by atoms with van der Waals surface area (Å²) in [6.07, 6.45) is -2.00. The molecule has 5 rings (SSSR count). The summed E-state index contributed by atoms with van der Waals surface area (Å²) in [6, 6.07) is 47.1. The number of nitrogens with zero attached hydrogens (tertiary/aromatic N) is 4. The molecule has 0 atom stereocenters. The number of para-hydroxylation sites is 5. The number of benzene rings is 5. The van der Waals surface area contributed by atoms with Crippen LogP contribution in [0.2, 0.25) is 0 Å². The summed E-state index contributed by atoms with van der Waals surface area (Å²) in [6.45, 7) is -0.0811.